The van der Waals surface area contributed by atoms with Gasteiger partial charge in [-0.25, -0.2) is 0 Å². The lowest BCUT2D eigenvalue weighted by Crippen LogP contribution is -2.22. The molecule has 21 heavy (non-hydrogen) atoms. The summed E-state index contributed by atoms with van der Waals surface area (Å²) in [4.78, 5) is 1.34. The van der Waals surface area contributed by atoms with E-state index in [9.17, 15) is 0 Å². The van der Waals surface area contributed by atoms with Gasteiger partial charge in [0.25, 0.3) is 0 Å². The number of hydrogen-bond donors (Lipinski definition) is 1. The summed E-state index contributed by atoms with van der Waals surface area (Å²) in [5.41, 5.74) is 1.18. The summed E-state index contributed by atoms with van der Waals surface area (Å²) in [5, 5.41) is 5.66. The summed E-state index contributed by atoms with van der Waals surface area (Å²) < 4.78 is 11.9. The highest BCUT2D eigenvalue weighted by molar-refractivity contribution is 9.10. The molecule has 1 heterocycles. The molecule has 1 N–H and O–H groups in total. The number of benzene rings is 1. The summed E-state index contributed by atoms with van der Waals surface area (Å²) in [6.45, 7) is 3.03. The van der Waals surface area contributed by atoms with E-state index in [-0.39, 0.29) is 6.04 Å². The van der Waals surface area contributed by atoms with Crippen LogP contribution in [0.15, 0.2) is 34.1 Å². The van der Waals surface area contributed by atoms with Crippen molar-refractivity contribution < 1.29 is 9.47 Å². The summed E-state index contributed by atoms with van der Waals surface area (Å²) in [6.07, 6.45) is 0.945. The molecule has 0 fully saturated rings. The van der Waals surface area contributed by atoms with Crippen LogP contribution in [0.4, 0.5) is 0 Å². The first kappa shape index (κ1) is 16.3. The lowest BCUT2D eigenvalue weighted by atomic mass is 10.0. The SMILES string of the molecule is CCNC(Cc1cc(Br)cs1)c1cc(OC)cc(OC)c1. The standard InChI is InChI=1S/C16H20BrNO2S/c1-4-18-16(9-15-7-12(17)10-21-15)11-5-13(19-2)8-14(6-11)20-3/h5-8,10,16,18H,4,9H2,1-3H3. The van der Waals surface area contributed by atoms with Crippen LogP contribution < -0.4 is 14.8 Å². The predicted octanol–water partition coefficient (Wildman–Crippen LogP) is 4.42. The van der Waals surface area contributed by atoms with Gasteiger partial charge in [-0.2, -0.15) is 0 Å². The number of hydrogen-bond acceptors (Lipinski definition) is 4. The number of likely N-dealkylation sites (N-methyl/N-ethyl adjacent to an activating group) is 1. The molecule has 1 unspecified atom stereocenters. The van der Waals surface area contributed by atoms with Gasteiger partial charge in [0.05, 0.1) is 14.2 Å². The molecule has 1 atom stereocenters. The highest BCUT2D eigenvalue weighted by Crippen LogP contribution is 2.30. The monoisotopic (exact) mass is 369 g/mol. The summed E-state index contributed by atoms with van der Waals surface area (Å²) in [6, 6.07) is 8.45. The molecule has 0 radical (unpaired) electrons. The summed E-state index contributed by atoms with van der Waals surface area (Å²) >= 11 is 5.28. The first-order valence-corrected chi connectivity index (χ1v) is 8.52. The normalized spacial score (nSPS) is 12.2. The Morgan fingerprint density at radius 3 is 2.29 bits per heavy atom. The Bertz CT molecular complexity index is 563. The van der Waals surface area contributed by atoms with Crippen LogP contribution in [0.3, 0.4) is 0 Å². The van der Waals surface area contributed by atoms with Crippen molar-refractivity contribution >= 4 is 27.3 Å². The molecule has 0 saturated heterocycles. The van der Waals surface area contributed by atoms with Gasteiger partial charge in [-0.1, -0.05) is 6.92 Å². The maximum atomic E-state index is 5.37. The van der Waals surface area contributed by atoms with E-state index in [1.54, 1.807) is 25.6 Å². The number of rotatable bonds is 7. The van der Waals surface area contributed by atoms with Gasteiger partial charge in [-0.3, -0.25) is 0 Å². The van der Waals surface area contributed by atoms with Gasteiger partial charge in [0, 0.05) is 33.3 Å². The van der Waals surface area contributed by atoms with Crippen molar-refractivity contribution in [3.8, 4) is 11.5 Å². The molecule has 2 rings (SSSR count). The molecule has 5 heteroatoms. The third-order valence-electron chi connectivity index (χ3n) is 3.25. The van der Waals surface area contributed by atoms with Crippen molar-refractivity contribution in [3.05, 3.63) is 44.6 Å². The summed E-state index contributed by atoms with van der Waals surface area (Å²) in [5.74, 6) is 1.64. The molecule has 1 aromatic heterocycles. The van der Waals surface area contributed by atoms with Crippen molar-refractivity contribution in [2.75, 3.05) is 20.8 Å². The Labute approximate surface area is 138 Å². The zero-order valence-electron chi connectivity index (χ0n) is 12.5. The van der Waals surface area contributed by atoms with Crippen LogP contribution in [0, 0.1) is 0 Å². The van der Waals surface area contributed by atoms with E-state index in [1.807, 2.05) is 6.07 Å². The van der Waals surface area contributed by atoms with Gasteiger partial charge in [0.15, 0.2) is 0 Å². The molecular formula is C16H20BrNO2S. The van der Waals surface area contributed by atoms with Crippen LogP contribution in [0.5, 0.6) is 11.5 Å². The van der Waals surface area contributed by atoms with Crippen LogP contribution in [0.25, 0.3) is 0 Å². The zero-order chi connectivity index (χ0) is 15.2. The second kappa shape index (κ2) is 7.82. The fourth-order valence-electron chi connectivity index (χ4n) is 2.25. The largest absolute Gasteiger partial charge is 0.497 e. The Balaban J connectivity index is 2.28. The van der Waals surface area contributed by atoms with E-state index in [0.717, 1.165) is 28.9 Å². The number of methoxy groups -OCH3 is 2. The van der Waals surface area contributed by atoms with Crippen molar-refractivity contribution in [2.24, 2.45) is 0 Å². The highest BCUT2D eigenvalue weighted by atomic mass is 79.9. The predicted molar refractivity (Wildman–Crippen MR) is 91.7 cm³/mol. The number of nitrogens with one attached hydrogen (secondary N) is 1. The molecular weight excluding hydrogens is 350 g/mol. The Morgan fingerprint density at radius 1 is 1.14 bits per heavy atom. The Hall–Kier alpha value is -1.04. The Kier molecular flexibility index (Phi) is 6.08. The van der Waals surface area contributed by atoms with Crippen LogP contribution in [0.1, 0.15) is 23.4 Å². The molecule has 0 saturated carbocycles. The van der Waals surface area contributed by atoms with Crippen molar-refractivity contribution in [1.82, 2.24) is 5.32 Å². The second-order valence-electron chi connectivity index (χ2n) is 4.69. The third kappa shape index (κ3) is 4.46. The maximum Gasteiger partial charge on any atom is 0.122 e. The highest BCUT2D eigenvalue weighted by Gasteiger charge is 2.15. The number of thiophene rings is 1. The Morgan fingerprint density at radius 2 is 1.81 bits per heavy atom. The van der Waals surface area contributed by atoms with Gasteiger partial charge in [0.2, 0.25) is 0 Å². The minimum absolute atomic E-state index is 0.240. The molecule has 2 aromatic rings. The molecule has 0 aliphatic carbocycles. The smallest absolute Gasteiger partial charge is 0.122 e. The molecule has 0 amide bonds. The van der Waals surface area contributed by atoms with Gasteiger partial charge >= 0.3 is 0 Å². The second-order valence-corrected chi connectivity index (χ2v) is 6.60. The van der Waals surface area contributed by atoms with E-state index in [0.29, 0.717) is 0 Å². The molecule has 0 bridgehead atoms. The van der Waals surface area contributed by atoms with Gasteiger partial charge < -0.3 is 14.8 Å². The molecule has 0 aliphatic rings. The van der Waals surface area contributed by atoms with Crippen LogP contribution >= 0.6 is 27.3 Å². The topological polar surface area (TPSA) is 30.5 Å². The van der Waals surface area contributed by atoms with E-state index >= 15 is 0 Å². The van der Waals surface area contributed by atoms with Crippen LogP contribution in [-0.2, 0) is 6.42 Å². The van der Waals surface area contributed by atoms with Crippen LogP contribution in [-0.4, -0.2) is 20.8 Å². The van der Waals surface area contributed by atoms with E-state index in [2.05, 4.69) is 51.7 Å². The van der Waals surface area contributed by atoms with Gasteiger partial charge in [-0.05, 0) is 46.2 Å². The maximum absolute atomic E-state index is 5.37. The average Bonchev–Trinajstić information content (AvgIpc) is 2.91. The quantitative estimate of drug-likeness (QED) is 0.783. The minimum Gasteiger partial charge on any atom is -0.497 e. The zero-order valence-corrected chi connectivity index (χ0v) is 14.9. The molecule has 0 spiro atoms. The lowest BCUT2D eigenvalue weighted by Gasteiger charge is -2.19. The average molecular weight is 370 g/mol. The number of ether oxygens (including phenoxy) is 2. The van der Waals surface area contributed by atoms with E-state index < -0.39 is 0 Å². The van der Waals surface area contributed by atoms with Gasteiger partial charge in [0.1, 0.15) is 11.5 Å². The minimum atomic E-state index is 0.240. The molecule has 1 aromatic carbocycles. The fourth-order valence-corrected chi connectivity index (χ4v) is 3.75. The molecule has 0 aliphatic heterocycles. The van der Waals surface area contributed by atoms with Crippen molar-refractivity contribution in [3.63, 3.8) is 0 Å². The fraction of sp³-hybridized carbons (Fsp3) is 0.375. The first-order valence-electron chi connectivity index (χ1n) is 6.85. The first-order chi connectivity index (χ1) is 10.2. The van der Waals surface area contributed by atoms with Crippen molar-refractivity contribution in [1.29, 1.82) is 0 Å². The summed E-state index contributed by atoms with van der Waals surface area (Å²) in [7, 11) is 3.36. The number of halogens is 1. The van der Waals surface area contributed by atoms with Crippen molar-refractivity contribution in [2.45, 2.75) is 19.4 Å². The lowest BCUT2D eigenvalue weighted by molar-refractivity contribution is 0.391. The molecule has 114 valence electrons. The van der Waals surface area contributed by atoms with Gasteiger partial charge in [-0.15, -0.1) is 11.3 Å². The third-order valence-corrected chi connectivity index (χ3v) is 4.97. The van der Waals surface area contributed by atoms with E-state index in [4.69, 9.17) is 9.47 Å². The van der Waals surface area contributed by atoms with Crippen LogP contribution in [0.2, 0.25) is 0 Å². The van der Waals surface area contributed by atoms with E-state index in [1.165, 1.54) is 10.4 Å². The molecule has 3 nitrogen and oxygen atoms in total.